The van der Waals surface area contributed by atoms with Crippen molar-refractivity contribution < 1.29 is 9.47 Å². The molecule has 1 N–H and O–H groups in total. The van der Waals surface area contributed by atoms with Gasteiger partial charge in [-0.25, -0.2) is 0 Å². The number of nitrogens with one attached hydrogen (secondary N) is 1. The van der Waals surface area contributed by atoms with Crippen molar-refractivity contribution in [3.63, 3.8) is 0 Å². The fraction of sp³-hybridized carbons (Fsp3) is 0.625. The summed E-state index contributed by atoms with van der Waals surface area (Å²) in [6.07, 6.45) is 7.87. The molecule has 1 atom stereocenters. The molecular formula is C24H36N6O2. The smallest absolute Gasteiger partial charge is 0.193 e. The number of methoxy groups -OCH3 is 2. The van der Waals surface area contributed by atoms with Crippen molar-refractivity contribution in [2.75, 3.05) is 40.9 Å². The van der Waals surface area contributed by atoms with Crippen molar-refractivity contribution in [2.24, 2.45) is 4.99 Å². The standard InChI is InChI=1S/C24H36N6O2/c1-25-24(26-11-7-9-23-28-27-22-8-5-4-6-12-30(22)23)29-13-10-18(17-29)19-14-20(31-2)16-21(15-19)32-3/h14-16,18H,4-13,17H2,1-3H3,(H,25,26). The summed E-state index contributed by atoms with van der Waals surface area (Å²) in [6.45, 7) is 3.87. The maximum Gasteiger partial charge on any atom is 0.193 e. The van der Waals surface area contributed by atoms with Gasteiger partial charge < -0.3 is 24.3 Å². The molecule has 174 valence electrons. The van der Waals surface area contributed by atoms with E-state index in [0.717, 1.165) is 75.1 Å². The van der Waals surface area contributed by atoms with E-state index in [1.807, 2.05) is 13.1 Å². The van der Waals surface area contributed by atoms with Crippen LogP contribution in [-0.2, 0) is 19.4 Å². The minimum Gasteiger partial charge on any atom is -0.497 e. The molecule has 32 heavy (non-hydrogen) atoms. The van der Waals surface area contributed by atoms with Crippen molar-refractivity contribution >= 4 is 5.96 Å². The van der Waals surface area contributed by atoms with Gasteiger partial charge in [0.25, 0.3) is 0 Å². The topological polar surface area (TPSA) is 76.8 Å². The van der Waals surface area contributed by atoms with Gasteiger partial charge in [0.05, 0.1) is 14.2 Å². The Morgan fingerprint density at radius 3 is 2.66 bits per heavy atom. The van der Waals surface area contributed by atoms with Gasteiger partial charge in [-0.05, 0) is 43.4 Å². The van der Waals surface area contributed by atoms with Crippen LogP contribution in [0.4, 0.5) is 0 Å². The Balaban J connectivity index is 1.29. The molecule has 4 rings (SSSR count). The number of aromatic nitrogens is 3. The average Bonchev–Trinajstić information content (AvgIpc) is 3.40. The van der Waals surface area contributed by atoms with Gasteiger partial charge in [-0.15, -0.1) is 10.2 Å². The van der Waals surface area contributed by atoms with Crippen LogP contribution in [0.15, 0.2) is 23.2 Å². The lowest BCUT2D eigenvalue weighted by atomic mass is 9.98. The van der Waals surface area contributed by atoms with E-state index in [2.05, 4.69) is 42.1 Å². The highest BCUT2D eigenvalue weighted by atomic mass is 16.5. The molecule has 0 bridgehead atoms. The second-order valence-corrected chi connectivity index (χ2v) is 8.65. The third kappa shape index (κ3) is 5.16. The molecule has 8 nitrogen and oxygen atoms in total. The molecule has 1 unspecified atom stereocenters. The zero-order valence-corrected chi connectivity index (χ0v) is 19.6. The van der Waals surface area contributed by atoms with Gasteiger partial charge in [0.2, 0.25) is 0 Å². The molecule has 0 amide bonds. The van der Waals surface area contributed by atoms with Crippen LogP contribution >= 0.6 is 0 Å². The number of fused-ring (bicyclic) bond motifs is 1. The summed E-state index contributed by atoms with van der Waals surface area (Å²) in [5, 5.41) is 12.4. The number of likely N-dealkylation sites (tertiary alicyclic amines) is 1. The van der Waals surface area contributed by atoms with Gasteiger partial charge in [-0.3, -0.25) is 4.99 Å². The largest absolute Gasteiger partial charge is 0.497 e. The first-order valence-corrected chi connectivity index (χ1v) is 11.8. The van der Waals surface area contributed by atoms with Crippen molar-refractivity contribution in [1.29, 1.82) is 0 Å². The maximum atomic E-state index is 5.45. The van der Waals surface area contributed by atoms with Gasteiger partial charge in [-0.2, -0.15) is 0 Å². The molecule has 0 saturated carbocycles. The lowest BCUT2D eigenvalue weighted by Crippen LogP contribution is -2.40. The summed E-state index contributed by atoms with van der Waals surface area (Å²) in [5.74, 6) is 5.38. The quantitative estimate of drug-likeness (QED) is 0.405. The number of ether oxygens (including phenoxy) is 2. The Labute approximate surface area is 191 Å². The summed E-state index contributed by atoms with van der Waals surface area (Å²) in [5.41, 5.74) is 1.26. The summed E-state index contributed by atoms with van der Waals surface area (Å²) in [7, 11) is 5.26. The van der Waals surface area contributed by atoms with Crippen LogP contribution in [0.25, 0.3) is 0 Å². The molecule has 1 aromatic carbocycles. The summed E-state index contributed by atoms with van der Waals surface area (Å²) < 4.78 is 13.2. The average molecular weight is 441 g/mol. The van der Waals surface area contributed by atoms with E-state index >= 15 is 0 Å². The lowest BCUT2D eigenvalue weighted by Gasteiger charge is -2.22. The molecule has 3 heterocycles. The maximum absolute atomic E-state index is 5.45. The van der Waals surface area contributed by atoms with E-state index < -0.39 is 0 Å². The van der Waals surface area contributed by atoms with E-state index in [9.17, 15) is 0 Å². The molecule has 1 aromatic heterocycles. The van der Waals surface area contributed by atoms with Crippen LogP contribution in [0.3, 0.4) is 0 Å². The highest BCUT2D eigenvalue weighted by Gasteiger charge is 2.27. The van der Waals surface area contributed by atoms with Crippen molar-refractivity contribution in [1.82, 2.24) is 25.0 Å². The normalized spacial score (nSPS) is 18.9. The van der Waals surface area contributed by atoms with E-state index in [1.54, 1.807) is 14.2 Å². The Morgan fingerprint density at radius 1 is 1.09 bits per heavy atom. The molecule has 0 spiro atoms. The van der Waals surface area contributed by atoms with Crippen molar-refractivity contribution in [2.45, 2.75) is 57.4 Å². The summed E-state index contributed by atoms with van der Waals surface area (Å²) in [6, 6.07) is 6.16. The number of nitrogens with zero attached hydrogens (tertiary/aromatic N) is 5. The predicted molar refractivity (Wildman–Crippen MR) is 126 cm³/mol. The number of rotatable bonds is 7. The zero-order chi connectivity index (χ0) is 22.3. The second-order valence-electron chi connectivity index (χ2n) is 8.65. The molecule has 0 aliphatic carbocycles. The number of benzene rings is 1. The lowest BCUT2D eigenvalue weighted by molar-refractivity contribution is 0.392. The number of aryl methyl sites for hydroxylation is 2. The molecule has 2 aromatic rings. The molecule has 1 saturated heterocycles. The fourth-order valence-corrected chi connectivity index (χ4v) is 4.80. The van der Waals surface area contributed by atoms with Gasteiger partial charge in [0, 0.05) is 58.1 Å². The monoisotopic (exact) mass is 440 g/mol. The highest BCUT2D eigenvalue weighted by molar-refractivity contribution is 5.80. The molecule has 8 heteroatoms. The first-order valence-electron chi connectivity index (χ1n) is 11.8. The van der Waals surface area contributed by atoms with Crippen molar-refractivity contribution in [3.8, 4) is 11.5 Å². The predicted octanol–water partition coefficient (Wildman–Crippen LogP) is 3.02. The van der Waals surface area contributed by atoms with E-state index in [4.69, 9.17) is 9.47 Å². The first-order chi connectivity index (χ1) is 15.7. The van der Waals surface area contributed by atoms with Gasteiger partial charge >= 0.3 is 0 Å². The minimum atomic E-state index is 0.434. The third-order valence-corrected chi connectivity index (χ3v) is 6.59. The third-order valence-electron chi connectivity index (χ3n) is 6.59. The number of hydrogen-bond donors (Lipinski definition) is 1. The molecule has 2 aliphatic rings. The van der Waals surface area contributed by atoms with E-state index in [0.29, 0.717) is 5.92 Å². The van der Waals surface area contributed by atoms with Crippen LogP contribution in [-0.4, -0.2) is 66.5 Å². The van der Waals surface area contributed by atoms with Crippen LogP contribution in [0, 0.1) is 0 Å². The minimum absolute atomic E-state index is 0.434. The van der Waals surface area contributed by atoms with E-state index in [1.165, 1.54) is 30.7 Å². The van der Waals surface area contributed by atoms with Crippen LogP contribution in [0.2, 0.25) is 0 Å². The molecule has 0 radical (unpaired) electrons. The summed E-state index contributed by atoms with van der Waals surface area (Å²) in [4.78, 5) is 6.88. The number of hydrogen-bond acceptors (Lipinski definition) is 5. The summed E-state index contributed by atoms with van der Waals surface area (Å²) >= 11 is 0. The number of aliphatic imine (C=N–C) groups is 1. The van der Waals surface area contributed by atoms with E-state index in [-0.39, 0.29) is 0 Å². The molecule has 2 aliphatic heterocycles. The Kier molecular flexibility index (Phi) is 7.50. The molecular weight excluding hydrogens is 404 g/mol. The fourth-order valence-electron chi connectivity index (χ4n) is 4.80. The Morgan fingerprint density at radius 2 is 1.91 bits per heavy atom. The molecule has 1 fully saturated rings. The van der Waals surface area contributed by atoms with Crippen LogP contribution < -0.4 is 14.8 Å². The highest BCUT2D eigenvalue weighted by Crippen LogP contribution is 2.32. The Bertz CT molecular complexity index is 903. The zero-order valence-electron chi connectivity index (χ0n) is 19.6. The second kappa shape index (κ2) is 10.7. The van der Waals surface area contributed by atoms with Crippen molar-refractivity contribution in [3.05, 3.63) is 35.4 Å². The Hall–Kier alpha value is -2.77. The van der Waals surface area contributed by atoms with Crippen LogP contribution in [0.5, 0.6) is 11.5 Å². The SMILES string of the molecule is CN=C(NCCCc1nnc2n1CCCCC2)N1CCC(c2cc(OC)cc(OC)c2)C1. The van der Waals surface area contributed by atoms with Crippen LogP contribution in [0.1, 0.15) is 55.2 Å². The first kappa shape index (κ1) is 22.4. The van der Waals surface area contributed by atoms with Gasteiger partial charge in [-0.1, -0.05) is 6.42 Å². The van der Waals surface area contributed by atoms with Gasteiger partial charge in [0.1, 0.15) is 23.1 Å². The number of guanidine groups is 1. The van der Waals surface area contributed by atoms with Gasteiger partial charge in [0.15, 0.2) is 5.96 Å².